The fourth-order valence-electron chi connectivity index (χ4n) is 3.98. The zero-order chi connectivity index (χ0) is 21.1. The Morgan fingerprint density at radius 2 is 1.77 bits per heavy atom. The normalized spacial score (nSPS) is 14.6. The van der Waals surface area contributed by atoms with E-state index in [1.807, 2.05) is 31.2 Å². The van der Waals surface area contributed by atoms with Gasteiger partial charge in [0.05, 0.1) is 0 Å². The molecule has 0 aliphatic heterocycles. The first-order chi connectivity index (χ1) is 14.6. The number of benzene rings is 2. The number of aromatic nitrogens is 2. The Kier molecular flexibility index (Phi) is 5.83. The molecule has 1 heterocycles. The largest absolute Gasteiger partial charge is 0.449 e. The molecule has 2 unspecified atom stereocenters. The number of fused-ring (bicyclic) bond motifs is 3. The highest BCUT2D eigenvalue weighted by Gasteiger charge is 2.29. The maximum absolute atomic E-state index is 12.2. The Morgan fingerprint density at radius 1 is 1.13 bits per heavy atom. The van der Waals surface area contributed by atoms with Gasteiger partial charge in [-0.1, -0.05) is 48.5 Å². The number of alkyl carbamates (subject to hydrolysis) is 1. The van der Waals surface area contributed by atoms with Gasteiger partial charge in [-0.25, -0.2) is 9.78 Å². The van der Waals surface area contributed by atoms with Gasteiger partial charge < -0.3 is 24.8 Å². The van der Waals surface area contributed by atoms with E-state index in [0.717, 1.165) is 22.3 Å². The molecular formula is C23H25N3O4. The van der Waals surface area contributed by atoms with E-state index in [2.05, 4.69) is 34.6 Å². The first kappa shape index (κ1) is 20.1. The van der Waals surface area contributed by atoms with Gasteiger partial charge in [-0.05, 0) is 29.2 Å². The number of imidazole rings is 1. The lowest BCUT2D eigenvalue weighted by atomic mass is 9.98. The fourth-order valence-corrected chi connectivity index (χ4v) is 3.98. The molecule has 3 aromatic rings. The third-order valence-corrected chi connectivity index (χ3v) is 5.52. The molecule has 0 saturated carbocycles. The minimum Gasteiger partial charge on any atom is -0.449 e. The summed E-state index contributed by atoms with van der Waals surface area (Å²) in [6, 6.07) is 16.2. The van der Waals surface area contributed by atoms with Gasteiger partial charge in [-0.3, -0.25) is 0 Å². The van der Waals surface area contributed by atoms with Crippen LogP contribution in [0.15, 0.2) is 60.9 Å². The molecule has 2 atom stereocenters. The van der Waals surface area contributed by atoms with Gasteiger partial charge in [0.2, 0.25) is 0 Å². The first-order valence-corrected chi connectivity index (χ1v) is 10.1. The van der Waals surface area contributed by atoms with Crippen molar-refractivity contribution in [3.8, 4) is 11.1 Å². The Hall–Kier alpha value is -3.16. The highest BCUT2D eigenvalue weighted by atomic mass is 16.5. The molecule has 0 bridgehead atoms. The molecular weight excluding hydrogens is 382 g/mol. The van der Waals surface area contributed by atoms with Gasteiger partial charge in [0.1, 0.15) is 24.6 Å². The van der Waals surface area contributed by atoms with E-state index in [9.17, 15) is 15.0 Å². The van der Waals surface area contributed by atoms with Crippen molar-refractivity contribution < 1.29 is 19.7 Å². The minimum absolute atomic E-state index is 0.0318. The van der Waals surface area contributed by atoms with E-state index in [0.29, 0.717) is 12.4 Å². The molecule has 2 aromatic carbocycles. The quantitative estimate of drug-likeness (QED) is 0.560. The summed E-state index contributed by atoms with van der Waals surface area (Å²) in [4.78, 5) is 16.3. The van der Waals surface area contributed by atoms with Crippen LogP contribution < -0.4 is 5.32 Å². The summed E-state index contributed by atoms with van der Waals surface area (Å²) in [5.74, 6) is 0.329. The predicted molar refractivity (Wildman–Crippen MR) is 112 cm³/mol. The molecule has 0 radical (unpaired) electrons. The van der Waals surface area contributed by atoms with E-state index < -0.39 is 18.3 Å². The molecule has 3 N–H and O–H groups in total. The van der Waals surface area contributed by atoms with Crippen LogP contribution in [0.2, 0.25) is 0 Å². The number of ether oxygens (including phenoxy) is 1. The number of nitrogens with one attached hydrogen (secondary N) is 1. The molecule has 7 nitrogen and oxygen atoms in total. The van der Waals surface area contributed by atoms with Crippen molar-refractivity contribution in [1.29, 1.82) is 0 Å². The smallest absolute Gasteiger partial charge is 0.407 e. The van der Waals surface area contributed by atoms with Crippen molar-refractivity contribution >= 4 is 6.09 Å². The maximum Gasteiger partial charge on any atom is 0.407 e. The molecule has 7 heteroatoms. The maximum atomic E-state index is 12.2. The van der Waals surface area contributed by atoms with E-state index in [4.69, 9.17) is 4.74 Å². The summed E-state index contributed by atoms with van der Waals surface area (Å²) < 4.78 is 7.18. The number of aliphatic hydroxyl groups is 2. The SMILES string of the molecule is CCn1ccnc1C(O)C(O)CNC(=O)OCC1c2ccccc2-c2ccccc21. The summed E-state index contributed by atoms with van der Waals surface area (Å²) in [5.41, 5.74) is 4.58. The lowest BCUT2D eigenvalue weighted by Crippen LogP contribution is -2.37. The Balaban J connectivity index is 1.34. The standard InChI is InChI=1S/C23H25N3O4/c1-2-26-12-11-24-22(26)21(28)20(27)13-25-23(29)30-14-19-17-9-5-3-7-15(17)16-8-4-6-10-18(16)19/h3-12,19-21,27-28H,2,13-14H2,1H3,(H,25,29). The van der Waals surface area contributed by atoms with E-state index in [-0.39, 0.29) is 19.1 Å². The van der Waals surface area contributed by atoms with Crippen molar-refractivity contribution in [2.45, 2.75) is 31.6 Å². The minimum atomic E-state index is -1.20. The van der Waals surface area contributed by atoms with Crippen molar-refractivity contribution in [2.24, 2.45) is 0 Å². The molecule has 0 spiro atoms. The monoisotopic (exact) mass is 407 g/mol. The van der Waals surface area contributed by atoms with Gasteiger partial charge in [0.25, 0.3) is 0 Å². The number of carbonyl (C=O) groups is 1. The zero-order valence-corrected chi connectivity index (χ0v) is 16.7. The van der Waals surface area contributed by atoms with E-state index in [1.165, 1.54) is 0 Å². The Labute approximate surface area is 175 Å². The van der Waals surface area contributed by atoms with Gasteiger partial charge in [-0.15, -0.1) is 0 Å². The van der Waals surface area contributed by atoms with Crippen LogP contribution in [0.25, 0.3) is 11.1 Å². The van der Waals surface area contributed by atoms with Crippen LogP contribution in [-0.4, -0.2) is 45.1 Å². The second kappa shape index (κ2) is 8.69. The zero-order valence-electron chi connectivity index (χ0n) is 16.7. The van der Waals surface area contributed by atoms with Gasteiger partial charge >= 0.3 is 6.09 Å². The topological polar surface area (TPSA) is 96.6 Å². The van der Waals surface area contributed by atoms with Crippen LogP contribution in [0.3, 0.4) is 0 Å². The highest BCUT2D eigenvalue weighted by Crippen LogP contribution is 2.44. The third kappa shape index (κ3) is 3.81. The Morgan fingerprint density at radius 3 is 2.40 bits per heavy atom. The molecule has 156 valence electrons. The molecule has 0 saturated heterocycles. The van der Waals surface area contributed by atoms with Crippen LogP contribution in [0.1, 0.15) is 35.9 Å². The number of amides is 1. The molecule has 1 aliphatic carbocycles. The van der Waals surface area contributed by atoms with Crippen molar-refractivity contribution in [2.75, 3.05) is 13.2 Å². The lowest BCUT2D eigenvalue weighted by Gasteiger charge is -2.19. The second-order valence-electron chi connectivity index (χ2n) is 7.29. The van der Waals surface area contributed by atoms with E-state index >= 15 is 0 Å². The molecule has 30 heavy (non-hydrogen) atoms. The first-order valence-electron chi connectivity index (χ1n) is 10.1. The second-order valence-corrected chi connectivity index (χ2v) is 7.29. The number of aryl methyl sites for hydroxylation is 1. The van der Waals surface area contributed by atoms with Crippen molar-refractivity contribution in [1.82, 2.24) is 14.9 Å². The Bertz CT molecular complexity index is 987. The van der Waals surface area contributed by atoms with E-state index in [1.54, 1.807) is 17.0 Å². The van der Waals surface area contributed by atoms with Crippen molar-refractivity contribution in [3.05, 3.63) is 77.9 Å². The summed E-state index contributed by atoms with van der Waals surface area (Å²) in [6.45, 7) is 2.59. The summed E-state index contributed by atoms with van der Waals surface area (Å²) in [5, 5.41) is 23.0. The van der Waals surface area contributed by atoms with Crippen molar-refractivity contribution in [3.63, 3.8) is 0 Å². The van der Waals surface area contributed by atoms with Crippen LogP contribution in [0, 0.1) is 0 Å². The molecule has 4 rings (SSSR count). The van der Waals surface area contributed by atoms with Gasteiger partial charge in [0.15, 0.2) is 0 Å². The highest BCUT2D eigenvalue weighted by molar-refractivity contribution is 5.79. The molecule has 1 aliphatic rings. The number of carbonyl (C=O) groups excluding carboxylic acids is 1. The molecule has 1 amide bonds. The number of hydrogen-bond donors (Lipinski definition) is 3. The fraction of sp³-hybridized carbons (Fsp3) is 0.304. The summed E-state index contributed by atoms with van der Waals surface area (Å²) in [7, 11) is 0. The number of hydrogen-bond acceptors (Lipinski definition) is 5. The van der Waals surface area contributed by atoms with Crippen LogP contribution in [-0.2, 0) is 11.3 Å². The van der Waals surface area contributed by atoms with Gasteiger partial charge in [0, 0.05) is 31.4 Å². The number of aliphatic hydroxyl groups excluding tert-OH is 2. The average molecular weight is 407 g/mol. The lowest BCUT2D eigenvalue weighted by molar-refractivity contribution is 0.0114. The number of rotatable bonds is 7. The van der Waals surface area contributed by atoms with Crippen LogP contribution in [0.4, 0.5) is 4.79 Å². The average Bonchev–Trinajstić information content (AvgIpc) is 3.38. The predicted octanol–water partition coefficient (Wildman–Crippen LogP) is 2.84. The summed E-state index contributed by atoms with van der Waals surface area (Å²) in [6.07, 6.45) is 0.256. The molecule has 0 fully saturated rings. The van der Waals surface area contributed by atoms with Crippen LogP contribution in [0.5, 0.6) is 0 Å². The summed E-state index contributed by atoms with van der Waals surface area (Å²) >= 11 is 0. The van der Waals surface area contributed by atoms with Gasteiger partial charge in [-0.2, -0.15) is 0 Å². The molecule has 1 aromatic heterocycles. The van der Waals surface area contributed by atoms with Crippen LogP contribution >= 0.6 is 0 Å². The number of nitrogens with zero attached hydrogens (tertiary/aromatic N) is 2. The third-order valence-electron chi connectivity index (χ3n) is 5.52.